The smallest absolute Gasteiger partial charge is 0.254 e. The third-order valence-electron chi connectivity index (χ3n) is 5.71. The van der Waals surface area contributed by atoms with Crippen molar-refractivity contribution in [3.63, 3.8) is 0 Å². The summed E-state index contributed by atoms with van der Waals surface area (Å²) in [6, 6.07) is 15.5. The minimum atomic E-state index is -0.0171. The number of aromatic amines is 1. The van der Waals surface area contributed by atoms with Crippen molar-refractivity contribution in [3.05, 3.63) is 75.2 Å². The van der Waals surface area contributed by atoms with Crippen molar-refractivity contribution in [2.24, 2.45) is 0 Å². The molecule has 1 aliphatic heterocycles. The fourth-order valence-corrected chi connectivity index (χ4v) is 4.19. The Bertz CT molecular complexity index is 1240. The number of aryl methyl sites for hydroxylation is 2. The second kappa shape index (κ2) is 8.26. The lowest BCUT2D eigenvalue weighted by atomic mass is 9.89. The molecule has 2 heterocycles. The van der Waals surface area contributed by atoms with Crippen LogP contribution in [0.1, 0.15) is 44.4 Å². The third kappa shape index (κ3) is 3.91. The van der Waals surface area contributed by atoms with Crippen LogP contribution >= 0.6 is 11.6 Å². The van der Waals surface area contributed by atoms with Gasteiger partial charge in [0, 0.05) is 30.1 Å². The SMILES string of the molecule is Cc1cc(C)c(-c2[nH]c(CC#N)nc2Cl)cc1C(=O)N1CC(c2ccc(C#N)cc2)C1. The summed E-state index contributed by atoms with van der Waals surface area (Å²) in [5.41, 5.74) is 5.71. The van der Waals surface area contributed by atoms with E-state index in [1.54, 1.807) is 0 Å². The predicted octanol–water partition coefficient (Wildman–Crippen LogP) is 4.52. The van der Waals surface area contributed by atoms with Crippen molar-refractivity contribution in [3.8, 4) is 23.4 Å². The average Bonchev–Trinajstić information content (AvgIpc) is 3.07. The van der Waals surface area contributed by atoms with Gasteiger partial charge in [-0.25, -0.2) is 4.98 Å². The molecule has 1 aliphatic rings. The number of hydrogen-bond donors (Lipinski definition) is 1. The molecule has 0 spiro atoms. The standard InChI is InChI=1S/C24H20ClN5O/c1-14-9-15(2)20(10-19(14)22-23(25)29-21(28-22)7-8-26)24(31)30-12-18(13-30)17-5-3-16(11-27)4-6-17/h3-6,9-10,18H,7,12-13H2,1-2H3,(H,28,29). The van der Waals surface area contributed by atoms with E-state index in [-0.39, 0.29) is 18.2 Å². The fraction of sp³-hybridized carbons (Fsp3) is 0.250. The van der Waals surface area contributed by atoms with Crippen LogP contribution in [0.4, 0.5) is 0 Å². The molecule has 7 heteroatoms. The van der Waals surface area contributed by atoms with Crippen LogP contribution in [0.25, 0.3) is 11.3 Å². The van der Waals surface area contributed by atoms with Crippen LogP contribution in [0.3, 0.4) is 0 Å². The Balaban J connectivity index is 1.56. The number of carbonyl (C=O) groups is 1. The Hall–Kier alpha value is -3.61. The van der Waals surface area contributed by atoms with Gasteiger partial charge >= 0.3 is 0 Å². The van der Waals surface area contributed by atoms with Crippen molar-refractivity contribution in [1.29, 1.82) is 10.5 Å². The summed E-state index contributed by atoms with van der Waals surface area (Å²) < 4.78 is 0. The molecule has 2 aromatic carbocycles. The maximum Gasteiger partial charge on any atom is 0.254 e. The van der Waals surface area contributed by atoms with Crippen molar-refractivity contribution in [2.75, 3.05) is 13.1 Å². The lowest BCUT2D eigenvalue weighted by molar-refractivity contribution is 0.0601. The van der Waals surface area contributed by atoms with Gasteiger partial charge in [0.1, 0.15) is 5.82 Å². The highest BCUT2D eigenvalue weighted by Crippen LogP contribution is 2.33. The Labute approximate surface area is 185 Å². The zero-order valence-corrected chi connectivity index (χ0v) is 18.0. The Kier molecular flexibility index (Phi) is 5.50. The number of amides is 1. The molecule has 1 fully saturated rings. The number of benzene rings is 2. The number of imidazole rings is 1. The molecule has 0 aliphatic carbocycles. The number of nitriles is 2. The summed E-state index contributed by atoms with van der Waals surface area (Å²) in [7, 11) is 0. The Morgan fingerprint density at radius 1 is 1.19 bits per heavy atom. The molecule has 0 radical (unpaired) electrons. The number of halogens is 1. The molecular weight excluding hydrogens is 410 g/mol. The van der Waals surface area contributed by atoms with Crippen LogP contribution in [-0.2, 0) is 6.42 Å². The predicted molar refractivity (Wildman–Crippen MR) is 118 cm³/mol. The number of likely N-dealkylation sites (tertiary alicyclic amines) is 1. The summed E-state index contributed by atoms with van der Waals surface area (Å²) in [5, 5.41) is 18.1. The first-order valence-electron chi connectivity index (χ1n) is 9.93. The summed E-state index contributed by atoms with van der Waals surface area (Å²) in [6.07, 6.45) is 0.140. The number of aromatic nitrogens is 2. The van der Waals surface area contributed by atoms with Crippen molar-refractivity contribution in [2.45, 2.75) is 26.2 Å². The molecule has 0 atom stereocenters. The molecule has 1 saturated heterocycles. The first-order chi connectivity index (χ1) is 14.9. The van der Waals surface area contributed by atoms with E-state index in [4.69, 9.17) is 22.1 Å². The van der Waals surface area contributed by atoms with E-state index in [0.29, 0.717) is 40.9 Å². The molecule has 0 saturated carbocycles. The van der Waals surface area contributed by atoms with E-state index in [1.165, 1.54) is 0 Å². The normalized spacial score (nSPS) is 13.4. The van der Waals surface area contributed by atoms with E-state index >= 15 is 0 Å². The number of hydrogen-bond acceptors (Lipinski definition) is 4. The largest absolute Gasteiger partial charge is 0.340 e. The zero-order valence-electron chi connectivity index (χ0n) is 17.2. The van der Waals surface area contributed by atoms with Crippen LogP contribution in [0.5, 0.6) is 0 Å². The second-order valence-corrected chi connectivity index (χ2v) is 8.17. The number of rotatable bonds is 4. The second-order valence-electron chi connectivity index (χ2n) is 7.81. The van der Waals surface area contributed by atoms with Crippen LogP contribution in [0.2, 0.25) is 5.15 Å². The molecule has 0 unspecified atom stereocenters. The summed E-state index contributed by atoms with van der Waals surface area (Å²) in [5.74, 6) is 0.761. The van der Waals surface area contributed by atoms with Gasteiger partial charge in [0.2, 0.25) is 0 Å². The van der Waals surface area contributed by atoms with Crippen molar-refractivity contribution < 1.29 is 4.79 Å². The zero-order chi connectivity index (χ0) is 22.1. The van der Waals surface area contributed by atoms with Crippen LogP contribution in [0.15, 0.2) is 36.4 Å². The van der Waals surface area contributed by atoms with Gasteiger partial charge in [0.15, 0.2) is 5.15 Å². The van der Waals surface area contributed by atoms with Gasteiger partial charge in [-0.05, 0) is 48.7 Å². The minimum absolute atomic E-state index is 0.0171. The highest BCUT2D eigenvalue weighted by Gasteiger charge is 2.33. The van der Waals surface area contributed by atoms with Crippen LogP contribution < -0.4 is 0 Å². The van der Waals surface area contributed by atoms with Gasteiger partial charge in [-0.3, -0.25) is 4.79 Å². The van der Waals surface area contributed by atoms with Gasteiger partial charge in [-0.2, -0.15) is 10.5 Å². The maximum atomic E-state index is 13.2. The molecule has 6 nitrogen and oxygen atoms in total. The van der Waals surface area contributed by atoms with E-state index in [2.05, 4.69) is 22.1 Å². The Morgan fingerprint density at radius 3 is 2.55 bits per heavy atom. The molecule has 154 valence electrons. The first kappa shape index (κ1) is 20.7. The lowest BCUT2D eigenvalue weighted by Crippen LogP contribution is -2.48. The number of nitrogens with one attached hydrogen (secondary N) is 1. The monoisotopic (exact) mass is 429 g/mol. The number of H-pyrrole nitrogens is 1. The van der Waals surface area contributed by atoms with Crippen LogP contribution in [-0.4, -0.2) is 33.9 Å². The van der Waals surface area contributed by atoms with Gasteiger partial charge in [0.25, 0.3) is 5.91 Å². The van der Waals surface area contributed by atoms with E-state index in [0.717, 1.165) is 22.3 Å². The van der Waals surface area contributed by atoms with E-state index in [9.17, 15) is 4.79 Å². The Morgan fingerprint density at radius 2 is 1.90 bits per heavy atom. The van der Waals surface area contributed by atoms with E-state index < -0.39 is 0 Å². The maximum absolute atomic E-state index is 13.2. The quantitative estimate of drug-likeness (QED) is 0.659. The fourth-order valence-electron chi connectivity index (χ4n) is 3.94. The van der Waals surface area contributed by atoms with Crippen LogP contribution in [0, 0.1) is 36.5 Å². The molecule has 1 amide bonds. The number of nitrogens with zero attached hydrogens (tertiary/aromatic N) is 4. The molecule has 3 aromatic rings. The highest BCUT2D eigenvalue weighted by molar-refractivity contribution is 6.32. The van der Waals surface area contributed by atoms with Gasteiger partial charge < -0.3 is 9.88 Å². The topological polar surface area (TPSA) is 96.6 Å². The van der Waals surface area contributed by atoms with Gasteiger partial charge in [-0.1, -0.05) is 29.8 Å². The molecule has 1 aromatic heterocycles. The molecule has 0 bridgehead atoms. The summed E-state index contributed by atoms with van der Waals surface area (Å²) >= 11 is 6.30. The molecular formula is C24H20ClN5O. The third-order valence-corrected chi connectivity index (χ3v) is 5.98. The first-order valence-corrected chi connectivity index (χ1v) is 10.3. The lowest BCUT2D eigenvalue weighted by Gasteiger charge is -2.40. The van der Waals surface area contributed by atoms with Gasteiger partial charge in [0.05, 0.1) is 29.8 Å². The van der Waals surface area contributed by atoms with Crippen molar-refractivity contribution >= 4 is 17.5 Å². The van der Waals surface area contributed by atoms with E-state index in [1.807, 2.05) is 55.1 Å². The van der Waals surface area contributed by atoms with Gasteiger partial charge in [-0.15, -0.1) is 0 Å². The summed E-state index contributed by atoms with van der Waals surface area (Å²) in [4.78, 5) is 22.3. The molecule has 1 N–H and O–H groups in total. The van der Waals surface area contributed by atoms with Crippen molar-refractivity contribution in [1.82, 2.24) is 14.9 Å². The molecule has 4 rings (SSSR count). The average molecular weight is 430 g/mol. The minimum Gasteiger partial charge on any atom is -0.340 e. The highest BCUT2D eigenvalue weighted by atomic mass is 35.5. The number of carbonyl (C=O) groups excluding carboxylic acids is 1. The summed E-state index contributed by atoms with van der Waals surface area (Å²) in [6.45, 7) is 5.18. The molecule has 31 heavy (non-hydrogen) atoms.